The number of hydrogen-bond donors (Lipinski definition) is 4. The van der Waals surface area contributed by atoms with Gasteiger partial charge in [-0.15, -0.1) is 0 Å². The van der Waals surface area contributed by atoms with Crippen molar-refractivity contribution in [3.05, 3.63) is 83.2 Å². The van der Waals surface area contributed by atoms with Gasteiger partial charge >= 0.3 is 0 Å². The summed E-state index contributed by atoms with van der Waals surface area (Å²) in [5.74, 6) is -1.76. The van der Waals surface area contributed by atoms with E-state index >= 15 is 0 Å². The van der Waals surface area contributed by atoms with Gasteiger partial charge in [0.2, 0.25) is 5.91 Å². The molecule has 0 saturated carbocycles. The first-order chi connectivity index (χ1) is 19.1. The molecule has 3 aromatic rings. The first-order valence-corrected chi connectivity index (χ1v) is 13.2. The molecule has 13 nitrogen and oxygen atoms in total. The predicted octanol–water partition coefficient (Wildman–Crippen LogP) is 0.405. The number of methoxy groups -OCH3 is 2. The lowest BCUT2D eigenvalue weighted by Crippen LogP contribution is -2.36. The number of pyridine rings is 1. The maximum atomic E-state index is 12.7. The quantitative estimate of drug-likeness (QED) is 0.251. The van der Waals surface area contributed by atoms with E-state index in [0.717, 1.165) is 17.8 Å². The second kappa shape index (κ2) is 13.3. The molecule has 3 rings (SSSR count). The first kappa shape index (κ1) is 29.7. The van der Waals surface area contributed by atoms with Crippen LogP contribution in [0.5, 0.6) is 11.5 Å². The van der Waals surface area contributed by atoms with Gasteiger partial charge in [0, 0.05) is 18.3 Å². The molecule has 5 N–H and O–H groups in total. The maximum absolute atomic E-state index is 12.7. The van der Waals surface area contributed by atoms with Crippen molar-refractivity contribution >= 4 is 33.7 Å². The van der Waals surface area contributed by atoms with E-state index in [0.29, 0.717) is 24.5 Å². The molecule has 210 valence electrons. The third kappa shape index (κ3) is 7.61. The molecule has 0 aliphatic rings. The molecule has 1 aromatic heterocycles. The summed E-state index contributed by atoms with van der Waals surface area (Å²) in [5, 5.41) is 4.76. The topological polar surface area (TPSA) is 196 Å². The molecule has 0 unspecified atom stereocenters. The SMILES string of the molecule is COc1ccc(CCNC(=O)c2ccc(S(=O)(=O)NC(=O)c3ccc(C(=O)NC(=O)CN)nc3)cc2)cc1OC. The Bertz CT molecular complexity index is 1510. The van der Waals surface area contributed by atoms with Crippen molar-refractivity contribution in [3.8, 4) is 11.5 Å². The van der Waals surface area contributed by atoms with Gasteiger partial charge in [0.15, 0.2) is 11.5 Å². The molecule has 0 fully saturated rings. The number of ether oxygens (including phenoxy) is 2. The fourth-order valence-corrected chi connectivity index (χ4v) is 4.36. The predicted molar refractivity (Wildman–Crippen MR) is 142 cm³/mol. The van der Waals surface area contributed by atoms with Crippen molar-refractivity contribution in [2.75, 3.05) is 27.3 Å². The fraction of sp³-hybridized carbons (Fsp3) is 0.192. The molecule has 0 saturated heterocycles. The van der Waals surface area contributed by atoms with Crippen LogP contribution in [0.25, 0.3) is 0 Å². The lowest BCUT2D eigenvalue weighted by atomic mass is 10.1. The number of rotatable bonds is 11. The van der Waals surface area contributed by atoms with Crippen LogP contribution in [0.4, 0.5) is 0 Å². The molecule has 0 spiro atoms. The van der Waals surface area contributed by atoms with E-state index < -0.39 is 40.2 Å². The van der Waals surface area contributed by atoms with Gasteiger partial charge in [-0.25, -0.2) is 13.1 Å². The Morgan fingerprint density at radius 3 is 2.12 bits per heavy atom. The van der Waals surface area contributed by atoms with Crippen molar-refractivity contribution in [3.63, 3.8) is 0 Å². The smallest absolute Gasteiger partial charge is 0.276 e. The highest BCUT2D eigenvalue weighted by molar-refractivity contribution is 7.90. The molecular weight excluding hydrogens is 542 g/mol. The average molecular weight is 570 g/mol. The fourth-order valence-electron chi connectivity index (χ4n) is 3.39. The van der Waals surface area contributed by atoms with E-state index in [4.69, 9.17) is 15.2 Å². The second-order valence-electron chi connectivity index (χ2n) is 8.17. The minimum Gasteiger partial charge on any atom is -0.493 e. The van der Waals surface area contributed by atoms with E-state index in [1.165, 1.54) is 44.6 Å². The third-order valence-electron chi connectivity index (χ3n) is 5.50. The summed E-state index contributed by atoms with van der Waals surface area (Å²) < 4.78 is 37.7. The highest BCUT2D eigenvalue weighted by Crippen LogP contribution is 2.27. The van der Waals surface area contributed by atoms with Crippen molar-refractivity contribution in [2.24, 2.45) is 5.73 Å². The van der Waals surface area contributed by atoms with E-state index in [9.17, 15) is 27.6 Å². The zero-order valence-corrected chi connectivity index (χ0v) is 22.4. The summed E-state index contributed by atoms with van der Waals surface area (Å²) in [6, 6.07) is 12.8. The molecule has 0 atom stereocenters. The van der Waals surface area contributed by atoms with Crippen LogP contribution in [0.15, 0.2) is 65.7 Å². The molecular formula is C26H27N5O8S. The van der Waals surface area contributed by atoms with Crippen LogP contribution in [0.1, 0.15) is 36.8 Å². The molecule has 2 aromatic carbocycles. The number of nitrogens with one attached hydrogen (secondary N) is 3. The summed E-state index contributed by atoms with van der Waals surface area (Å²) >= 11 is 0. The summed E-state index contributed by atoms with van der Waals surface area (Å²) in [7, 11) is -1.21. The lowest BCUT2D eigenvalue weighted by Gasteiger charge is -2.10. The van der Waals surface area contributed by atoms with Gasteiger partial charge in [-0.3, -0.25) is 29.5 Å². The number of hydrogen-bond acceptors (Lipinski definition) is 10. The van der Waals surface area contributed by atoms with Crippen LogP contribution in [-0.4, -0.2) is 64.3 Å². The number of carbonyl (C=O) groups excluding carboxylic acids is 4. The summed E-state index contributed by atoms with van der Waals surface area (Å²) in [4.78, 5) is 51.5. The number of sulfonamides is 1. The highest BCUT2D eigenvalue weighted by atomic mass is 32.2. The largest absolute Gasteiger partial charge is 0.493 e. The van der Waals surface area contributed by atoms with Crippen LogP contribution in [-0.2, 0) is 21.2 Å². The van der Waals surface area contributed by atoms with Gasteiger partial charge in [0.05, 0.1) is 31.2 Å². The molecule has 0 aliphatic carbocycles. The summed E-state index contributed by atoms with van der Waals surface area (Å²) in [5.41, 5.74) is 5.96. The van der Waals surface area contributed by atoms with Crippen LogP contribution in [0, 0.1) is 0 Å². The number of carbonyl (C=O) groups is 4. The van der Waals surface area contributed by atoms with Crippen molar-refractivity contribution in [1.29, 1.82) is 0 Å². The van der Waals surface area contributed by atoms with Gasteiger partial charge < -0.3 is 20.5 Å². The van der Waals surface area contributed by atoms with Crippen LogP contribution < -0.4 is 30.6 Å². The summed E-state index contributed by atoms with van der Waals surface area (Å²) in [6.07, 6.45) is 1.51. The summed E-state index contributed by atoms with van der Waals surface area (Å²) in [6.45, 7) is -0.0709. The Kier molecular flexibility index (Phi) is 9.89. The van der Waals surface area contributed by atoms with E-state index in [1.54, 1.807) is 6.07 Å². The minimum atomic E-state index is -4.28. The third-order valence-corrected chi connectivity index (χ3v) is 6.84. The van der Waals surface area contributed by atoms with Gasteiger partial charge in [-0.05, 0) is 60.5 Å². The minimum absolute atomic E-state index is 0.143. The number of benzene rings is 2. The Balaban J connectivity index is 1.57. The number of nitrogens with zero attached hydrogens (tertiary/aromatic N) is 1. The van der Waals surface area contributed by atoms with Crippen LogP contribution in [0.3, 0.4) is 0 Å². The molecule has 0 aliphatic heterocycles. The Morgan fingerprint density at radius 2 is 1.52 bits per heavy atom. The van der Waals surface area contributed by atoms with Gasteiger partial charge in [0.1, 0.15) is 5.69 Å². The second-order valence-corrected chi connectivity index (χ2v) is 9.85. The molecule has 4 amide bonds. The highest BCUT2D eigenvalue weighted by Gasteiger charge is 2.20. The molecule has 14 heteroatoms. The van der Waals surface area contributed by atoms with Crippen LogP contribution >= 0.6 is 0 Å². The standard InChI is InChI=1S/C26H27N5O8S/c1-38-21-10-3-16(13-22(21)39-2)11-12-28-24(33)17-4-7-19(8-5-17)40(36,37)31-25(34)18-6-9-20(29-15-18)26(35)30-23(32)14-27/h3-10,13,15H,11-12,14,27H2,1-2H3,(H,28,33)(H,31,34)(H,30,32,35). The molecule has 40 heavy (non-hydrogen) atoms. The first-order valence-electron chi connectivity index (χ1n) is 11.7. The van der Waals surface area contributed by atoms with Gasteiger partial charge in [-0.1, -0.05) is 6.07 Å². The number of amides is 4. The Hall–Kier alpha value is -4.82. The van der Waals surface area contributed by atoms with Crippen molar-refractivity contribution in [1.82, 2.24) is 20.3 Å². The number of aromatic nitrogens is 1. The maximum Gasteiger partial charge on any atom is 0.276 e. The number of imide groups is 1. The average Bonchev–Trinajstić information content (AvgIpc) is 2.96. The molecule has 0 bridgehead atoms. The Labute approximate surface area is 230 Å². The van der Waals surface area contributed by atoms with E-state index in [-0.39, 0.29) is 21.7 Å². The lowest BCUT2D eigenvalue weighted by molar-refractivity contribution is -0.118. The number of nitrogens with two attached hydrogens (primary N) is 1. The zero-order valence-electron chi connectivity index (χ0n) is 21.6. The zero-order chi connectivity index (χ0) is 29.3. The Morgan fingerprint density at radius 1 is 0.850 bits per heavy atom. The molecule has 1 heterocycles. The van der Waals surface area contributed by atoms with E-state index in [1.807, 2.05) is 22.2 Å². The van der Waals surface area contributed by atoms with E-state index in [2.05, 4.69) is 10.3 Å². The molecule has 0 radical (unpaired) electrons. The van der Waals surface area contributed by atoms with Crippen molar-refractivity contribution in [2.45, 2.75) is 11.3 Å². The van der Waals surface area contributed by atoms with Crippen LogP contribution in [0.2, 0.25) is 0 Å². The van der Waals surface area contributed by atoms with Gasteiger partial charge in [-0.2, -0.15) is 0 Å². The van der Waals surface area contributed by atoms with Gasteiger partial charge in [0.25, 0.3) is 27.7 Å². The normalized spacial score (nSPS) is 10.8. The monoisotopic (exact) mass is 569 g/mol. The van der Waals surface area contributed by atoms with Crippen molar-refractivity contribution < 1.29 is 37.1 Å².